The first-order chi connectivity index (χ1) is 13.1. The fourth-order valence-electron chi connectivity index (χ4n) is 3.90. The van der Waals surface area contributed by atoms with Gasteiger partial charge in [0.1, 0.15) is 11.8 Å². The van der Waals surface area contributed by atoms with Gasteiger partial charge in [-0.2, -0.15) is 5.10 Å². The Labute approximate surface area is 157 Å². The Hall–Kier alpha value is -2.74. The molecule has 0 radical (unpaired) electrons. The minimum atomic E-state index is -0.471. The Morgan fingerprint density at radius 3 is 2.85 bits per heavy atom. The number of pyridine rings is 1. The van der Waals surface area contributed by atoms with Crippen molar-refractivity contribution < 1.29 is 14.3 Å². The topological polar surface area (TPSA) is 89.4 Å². The highest BCUT2D eigenvalue weighted by atomic mass is 16.5. The van der Waals surface area contributed by atoms with Crippen LogP contribution in [0.3, 0.4) is 0 Å². The Balaban J connectivity index is 1.34. The summed E-state index contributed by atoms with van der Waals surface area (Å²) in [7, 11) is 1.76. The van der Waals surface area contributed by atoms with Gasteiger partial charge in [-0.1, -0.05) is 6.07 Å². The molecule has 0 bridgehead atoms. The van der Waals surface area contributed by atoms with Crippen LogP contribution < -0.4 is 5.32 Å². The van der Waals surface area contributed by atoms with E-state index in [1.54, 1.807) is 30.2 Å². The number of likely N-dealkylation sites (tertiary alicyclic amines) is 1. The summed E-state index contributed by atoms with van der Waals surface area (Å²) in [6.07, 6.45) is 4.87. The number of nitrogens with one attached hydrogen (secondary N) is 1. The van der Waals surface area contributed by atoms with E-state index in [4.69, 9.17) is 4.74 Å². The van der Waals surface area contributed by atoms with E-state index >= 15 is 0 Å². The van der Waals surface area contributed by atoms with Crippen LogP contribution in [0.2, 0.25) is 0 Å². The molecule has 0 saturated carbocycles. The van der Waals surface area contributed by atoms with Crippen LogP contribution in [0.5, 0.6) is 0 Å². The van der Waals surface area contributed by atoms with Crippen molar-refractivity contribution in [1.29, 1.82) is 0 Å². The second-order valence-electron chi connectivity index (χ2n) is 6.97. The first kappa shape index (κ1) is 17.7. The number of carbonyl (C=O) groups excluding carboxylic acids is 2. The third kappa shape index (κ3) is 3.57. The molecule has 8 heteroatoms. The quantitative estimate of drug-likeness (QED) is 0.865. The highest BCUT2D eigenvalue weighted by Crippen LogP contribution is 2.32. The molecule has 2 aromatic rings. The number of amides is 2. The molecule has 2 saturated heterocycles. The van der Waals surface area contributed by atoms with E-state index < -0.39 is 6.10 Å². The van der Waals surface area contributed by atoms with Gasteiger partial charge in [0.05, 0.1) is 24.4 Å². The molecular weight excluding hydrogens is 346 g/mol. The summed E-state index contributed by atoms with van der Waals surface area (Å²) in [6.45, 7) is 1.03. The molecule has 27 heavy (non-hydrogen) atoms. The van der Waals surface area contributed by atoms with Crippen molar-refractivity contribution in [3.05, 3.63) is 48.0 Å². The van der Waals surface area contributed by atoms with Gasteiger partial charge in [-0.05, 0) is 37.5 Å². The molecule has 0 unspecified atom stereocenters. The molecule has 4 heterocycles. The number of fused-ring (bicyclic) bond motifs is 1. The van der Waals surface area contributed by atoms with Crippen molar-refractivity contribution in [2.45, 2.75) is 44.1 Å². The van der Waals surface area contributed by atoms with Crippen LogP contribution in [0.25, 0.3) is 0 Å². The lowest BCUT2D eigenvalue weighted by atomic mass is 9.98. The molecule has 1 N–H and O–H groups in total. The van der Waals surface area contributed by atoms with Crippen LogP contribution >= 0.6 is 0 Å². The number of hydrogen-bond donors (Lipinski definition) is 1. The standard InChI is InChI=1S/C19H23N5O3/c1-23-15(7-10-22-23)19(26)24-11-8-16-14(24)5-6-17(27-16)18(25)21-12-13-4-2-3-9-20-13/h2-4,7,9-10,14,16-17H,5-6,8,11-12H2,1H3,(H,21,25)/t14-,16-,17+/m1/s1. The smallest absolute Gasteiger partial charge is 0.272 e. The first-order valence-corrected chi connectivity index (χ1v) is 9.25. The van der Waals surface area contributed by atoms with Gasteiger partial charge in [-0.25, -0.2) is 0 Å². The maximum atomic E-state index is 12.8. The predicted octanol–water partition coefficient (Wildman–Crippen LogP) is 0.894. The number of rotatable bonds is 4. The van der Waals surface area contributed by atoms with Crippen LogP contribution in [-0.2, 0) is 23.1 Å². The van der Waals surface area contributed by atoms with Gasteiger partial charge >= 0.3 is 0 Å². The fourth-order valence-corrected chi connectivity index (χ4v) is 3.90. The number of aromatic nitrogens is 3. The molecular formula is C19H23N5O3. The minimum Gasteiger partial charge on any atom is -0.363 e. The maximum Gasteiger partial charge on any atom is 0.272 e. The summed E-state index contributed by atoms with van der Waals surface area (Å²) in [5.74, 6) is -0.139. The normalized spacial score (nSPS) is 24.5. The Kier molecular flexibility index (Phi) is 4.89. The van der Waals surface area contributed by atoms with Crippen molar-refractivity contribution in [2.24, 2.45) is 7.05 Å². The summed E-state index contributed by atoms with van der Waals surface area (Å²) < 4.78 is 7.63. The van der Waals surface area contributed by atoms with Gasteiger partial charge in [0.2, 0.25) is 5.91 Å². The molecule has 2 aliphatic rings. The summed E-state index contributed by atoms with van der Waals surface area (Å²) in [4.78, 5) is 31.3. The highest BCUT2D eigenvalue weighted by molar-refractivity contribution is 5.93. The fraction of sp³-hybridized carbons (Fsp3) is 0.474. The van der Waals surface area contributed by atoms with E-state index in [1.165, 1.54) is 0 Å². The second kappa shape index (κ2) is 7.48. The molecule has 0 aliphatic carbocycles. The Bertz CT molecular complexity index is 822. The molecule has 0 aromatic carbocycles. The van der Waals surface area contributed by atoms with Crippen molar-refractivity contribution in [2.75, 3.05) is 6.54 Å². The van der Waals surface area contributed by atoms with E-state index in [1.807, 2.05) is 23.1 Å². The summed E-state index contributed by atoms with van der Waals surface area (Å²) in [5.41, 5.74) is 1.39. The lowest BCUT2D eigenvalue weighted by Gasteiger charge is -2.35. The monoisotopic (exact) mass is 369 g/mol. The van der Waals surface area contributed by atoms with Crippen molar-refractivity contribution in [3.63, 3.8) is 0 Å². The third-order valence-corrected chi connectivity index (χ3v) is 5.31. The van der Waals surface area contributed by atoms with E-state index in [9.17, 15) is 9.59 Å². The van der Waals surface area contributed by atoms with Gasteiger partial charge in [0.25, 0.3) is 5.91 Å². The van der Waals surface area contributed by atoms with Crippen molar-refractivity contribution in [1.82, 2.24) is 25.0 Å². The molecule has 2 fully saturated rings. The van der Waals surface area contributed by atoms with Gasteiger partial charge in [-0.3, -0.25) is 19.3 Å². The molecule has 4 rings (SSSR count). The van der Waals surface area contributed by atoms with E-state index in [0.717, 1.165) is 18.5 Å². The molecule has 2 amide bonds. The average Bonchev–Trinajstić information content (AvgIpc) is 3.32. The van der Waals surface area contributed by atoms with E-state index in [-0.39, 0.29) is 24.0 Å². The lowest BCUT2D eigenvalue weighted by molar-refractivity contribution is -0.143. The minimum absolute atomic E-state index is 0.0206. The summed E-state index contributed by atoms with van der Waals surface area (Å²) >= 11 is 0. The zero-order chi connectivity index (χ0) is 18.8. The van der Waals surface area contributed by atoms with Gasteiger partial charge in [0.15, 0.2) is 0 Å². The number of carbonyl (C=O) groups is 2. The van der Waals surface area contributed by atoms with Gasteiger partial charge in [0, 0.05) is 26.0 Å². The first-order valence-electron chi connectivity index (χ1n) is 9.25. The average molecular weight is 369 g/mol. The molecule has 2 aliphatic heterocycles. The molecule has 3 atom stereocenters. The predicted molar refractivity (Wildman–Crippen MR) is 96.6 cm³/mol. The van der Waals surface area contributed by atoms with Crippen LogP contribution in [0.15, 0.2) is 36.7 Å². The van der Waals surface area contributed by atoms with E-state index in [2.05, 4.69) is 15.4 Å². The van der Waals surface area contributed by atoms with E-state index in [0.29, 0.717) is 25.2 Å². The zero-order valence-electron chi connectivity index (χ0n) is 15.2. The SMILES string of the molecule is Cn1nccc1C(=O)N1CC[C@H]2O[C@H](C(=O)NCc3ccccn3)CC[C@H]21. The molecule has 0 spiro atoms. The Morgan fingerprint density at radius 2 is 2.11 bits per heavy atom. The van der Waals surface area contributed by atoms with Crippen LogP contribution in [0.4, 0.5) is 0 Å². The summed E-state index contributed by atoms with van der Waals surface area (Å²) in [6, 6.07) is 7.35. The molecule has 8 nitrogen and oxygen atoms in total. The largest absolute Gasteiger partial charge is 0.363 e. The number of hydrogen-bond acceptors (Lipinski definition) is 5. The summed E-state index contributed by atoms with van der Waals surface area (Å²) in [5, 5.41) is 6.97. The Morgan fingerprint density at radius 1 is 1.22 bits per heavy atom. The van der Waals surface area contributed by atoms with Crippen molar-refractivity contribution >= 4 is 11.8 Å². The number of ether oxygens (including phenoxy) is 1. The number of nitrogens with zero attached hydrogens (tertiary/aromatic N) is 4. The highest BCUT2D eigenvalue weighted by Gasteiger charge is 2.44. The molecule has 142 valence electrons. The maximum absolute atomic E-state index is 12.8. The molecule has 2 aromatic heterocycles. The second-order valence-corrected chi connectivity index (χ2v) is 6.97. The third-order valence-electron chi connectivity index (χ3n) is 5.31. The van der Waals surface area contributed by atoms with Crippen LogP contribution in [-0.4, -0.2) is 56.3 Å². The van der Waals surface area contributed by atoms with Gasteiger partial charge in [-0.15, -0.1) is 0 Å². The van der Waals surface area contributed by atoms with Crippen molar-refractivity contribution in [3.8, 4) is 0 Å². The van der Waals surface area contributed by atoms with Crippen LogP contribution in [0, 0.1) is 0 Å². The lowest BCUT2D eigenvalue weighted by Crippen LogP contribution is -2.49. The zero-order valence-corrected chi connectivity index (χ0v) is 15.2. The number of aryl methyl sites for hydroxylation is 1. The van der Waals surface area contributed by atoms with Crippen LogP contribution in [0.1, 0.15) is 35.4 Å². The van der Waals surface area contributed by atoms with Gasteiger partial charge < -0.3 is 15.0 Å².